The van der Waals surface area contributed by atoms with Crippen molar-refractivity contribution in [1.29, 1.82) is 0 Å². The number of amides is 2. The third-order valence-electron chi connectivity index (χ3n) is 4.21. The lowest BCUT2D eigenvalue weighted by atomic mass is 9.99. The van der Waals surface area contributed by atoms with Gasteiger partial charge in [-0.15, -0.1) is 0 Å². The van der Waals surface area contributed by atoms with Crippen LogP contribution in [0.3, 0.4) is 0 Å². The summed E-state index contributed by atoms with van der Waals surface area (Å²) in [5.74, 6) is -1.88. The van der Waals surface area contributed by atoms with E-state index in [0.29, 0.717) is 17.7 Å². The highest BCUT2D eigenvalue weighted by molar-refractivity contribution is 5.97. The Bertz CT molecular complexity index is 807. The van der Waals surface area contributed by atoms with Crippen molar-refractivity contribution >= 4 is 17.8 Å². The molecular weight excluding hydrogens is 360 g/mol. The Morgan fingerprint density at radius 2 is 1.68 bits per heavy atom. The van der Waals surface area contributed by atoms with Crippen molar-refractivity contribution in [2.75, 3.05) is 20.2 Å². The van der Waals surface area contributed by atoms with Crippen LogP contribution < -0.4 is 15.4 Å². The normalized spacial score (nSPS) is 11.3. The third-order valence-corrected chi connectivity index (χ3v) is 4.21. The van der Waals surface area contributed by atoms with Gasteiger partial charge in [-0.05, 0) is 24.1 Å². The monoisotopic (exact) mass is 384 g/mol. The maximum Gasteiger partial charge on any atom is 0.308 e. The van der Waals surface area contributed by atoms with Gasteiger partial charge < -0.3 is 20.5 Å². The summed E-state index contributed by atoms with van der Waals surface area (Å²) in [5, 5.41) is 14.6. The number of rotatable bonds is 10. The molecule has 28 heavy (non-hydrogen) atoms. The maximum absolute atomic E-state index is 12.2. The van der Waals surface area contributed by atoms with E-state index in [9.17, 15) is 19.5 Å². The van der Waals surface area contributed by atoms with E-state index in [4.69, 9.17) is 4.74 Å². The molecule has 7 nitrogen and oxygen atoms in total. The number of carbonyl (C=O) groups is 3. The van der Waals surface area contributed by atoms with Crippen LogP contribution in [0.25, 0.3) is 0 Å². The average Bonchev–Trinajstić information content (AvgIpc) is 2.71. The molecule has 3 N–H and O–H groups in total. The van der Waals surface area contributed by atoms with Gasteiger partial charge in [0.2, 0.25) is 5.91 Å². The van der Waals surface area contributed by atoms with Crippen molar-refractivity contribution in [2.45, 2.75) is 12.8 Å². The molecule has 0 radical (unpaired) electrons. The molecule has 2 aromatic carbocycles. The van der Waals surface area contributed by atoms with Gasteiger partial charge in [0.15, 0.2) is 0 Å². The van der Waals surface area contributed by atoms with Crippen LogP contribution in [0.5, 0.6) is 5.75 Å². The summed E-state index contributed by atoms with van der Waals surface area (Å²) in [7, 11) is 1.48. The van der Waals surface area contributed by atoms with Crippen LogP contribution in [0, 0.1) is 5.92 Å². The van der Waals surface area contributed by atoms with Crippen molar-refractivity contribution in [3.63, 3.8) is 0 Å². The molecule has 1 atom stereocenters. The molecule has 0 aromatic heterocycles. The van der Waals surface area contributed by atoms with Crippen LogP contribution in [0.1, 0.15) is 22.3 Å². The smallest absolute Gasteiger partial charge is 0.308 e. The molecule has 0 aliphatic rings. The van der Waals surface area contributed by atoms with Crippen LogP contribution in [0.4, 0.5) is 0 Å². The number of hydrogen-bond acceptors (Lipinski definition) is 4. The first-order chi connectivity index (χ1) is 13.5. The zero-order valence-electron chi connectivity index (χ0n) is 15.7. The quantitative estimate of drug-likeness (QED) is 0.580. The second kappa shape index (κ2) is 10.7. The topological polar surface area (TPSA) is 105 Å². The second-order valence-corrected chi connectivity index (χ2v) is 6.24. The van der Waals surface area contributed by atoms with Gasteiger partial charge >= 0.3 is 5.97 Å². The molecule has 2 aromatic rings. The number of ether oxygens (including phenoxy) is 1. The molecule has 0 saturated heterocycles. The molecule has 0 aliphatic carbocycles. The van der Waals surface area contributed by atoms with Crippen LogP contribution in [0.15, 0.2) is 54.6 Å². The maximum atomic E-state index is 12.2. The van der Waals surface area contributed by atoms with E-state index >= 15 is 0 Å². The van der Waals surface area contributed by atoms with Crippen molar-refractivity contribution in [1.82, 2.24) is 10.6 Å². The van der Waals surface area contributed by atoms with E-state index in [1.54, 1.807) is 24.3 Å². The lowest BCUT2D eigenvalue weighted by molar-refractivity contribution is -0.141. The molecule has 2 rings (SSSR count). The molecule has 0 aliphatic heterocycles. The highest BCUT2D eigenvalue weighted by Crippen LogP contribution is 2.16. The lowest BCUT2D eigenvalue weighted by Crippen LogP contribution is -2.36. The molecule has 2 amide bonds. The Kier molecular flexibility index (Phi) is 8.02. The molecule has 0 fully saturated rings. The first-order valence-corrected chi connectivity index (χ1v) is 8.96. The summed E-state index contributed by atoms with van der Waals surface area (Å²) in [6, 6.07) is 16.1. The minimum atomic E-state index is -0.964. The van der Waals surface area contributed by atoms with Crippen molar-refractivity contribution in [3.8, 4) is 5.75 Å². The summed E-state index contributed by atoms with van der Waals surface area (Å²) in [5.41, 5.74) is 1.28. The van der Waals surface area contributed by atoms with Crippen LogP contribution >= 0.6 is 0 Å². The third kappa shape index (κ3) is 6.42. The van der Waals surface area contributed by atoms with Gasteiger partial charge in [0.1, 0.15) is 5.75 Å². The van der Waals surface area contributed by atoms with E-state index in [1.165, 1.54) is 7.11 Å². The highest BCUT2D eigenvalue weighted by Gasteiger charge is 2.19. The summed E-state index contributed by atoms with van der Waals surface area (Å²) in [4.78, 5) is 35.6. The summed E-state index contributed by atoms with van der Waals surface area (Å²) in [6.07, 6.45) is 0.388. The Hall–Kier alpha value is -3.35. The first kappa shape index (κ1) is 21.0. The number of carbonyl (C=O) groups excluding carboxylic acids is 2. The van der Waals surface area contributed by atoms with Crippen LogP contribution in [-0.2, 0) is 16.0 Å². The van der Waals surface area contributed by atoms with E-state index < -0.39 is 11.9 Å². The van der Waals surface area contributed by atoms with Crippen LogP contribution in [-0.4, -0.2) is 43.1 Å². The van der Waals surface area contributed by atoms with E-state index in [-0.39, 0.29) is 31.3 Å². The van der Waals surface area contributed by atoms with Gasteiger partial charge in [0.05, 0.1) is 18.6 Å². The SMILES string of the molecule is COc1ccccc1C(=O)NCCC(=O)NCC(Cc1ccccc1)C(=O)O. The zero-order valence-corrected chi connectivity index (χ0v) is 15.7. The zero-order chi connectivity index (χ0) is 20.4. The molecule has 7 heteroatoms. The van der Waals surface area contributed by atoms with Crippen LogP contribution in [0.2, 0.25) is 0 Å². The number of carboxylic acid groups (broad SMARTS) is 1. The van der Waals surface area contributed by atoms with E-state index in [2.05, 4.69) is 10.6 Å². The first-order valence-electron chi connectivity index (χ1n) is 8.96. The fourth-order valence-electron chi connectivity index (χ4n) is 2.69. The molecule has 0 bridgehead atoms. The fourth-order valence-corrected chi connectivity index (χ4v) is 2.69. The standard InChI is InChI=1S/C21H24N2O5/c1-28-18-10-6-5-9-17(18)20(25)22-12-11-19(24)23-14-16(21(26)27)13-15-7-3-2-4-8-15/h2-10,16H,11-14H2,1H3,(H,22,25)(H,23,24)(H,26,27). The van der Waals surface area contributed by atoms with Gasteiger partial charge in [-0.25, -0.2) is 0 Å². The minimum Gasteiger partial charge on any atom is -0.496 e. The van der Waals surface area contributed by atoms with Gasteiger partial charge in [-0.1, -0.05) is 42.5 Å². The van der Waals surface area contributed by atoms with E-state index in [0.717, 1.165) is 5.56 Å². The highest BCUT2D eigenvalue weighted by atomic mass is 16.5. The minimum absolute atomic E-state index is 0.0313. The molecule has 0 spiro atoms. The van der Waals surface area contributed by atoms with Gasteiger partial charge in [-0.3, -0.25) is 14.4 Å². The lowest BCUT2D eigenvalue weighted by Gasteiger charge is -2.14. The number of methoxy groups -OCH3 is 1. The number of carboxylic acids is 1. The number of hydrogen-bond donors (Lipinski definition) is 3. The van der Waals surface area contributed by atoms with Crippen molar-refractivity contribution in [3.05, 3.63) is 65.7 Å². The number of nitrogens with one attached hydrogen (secondary N) is 2. The Morgan fingerprint density at radius 1 is 1.00 bits per heavy atom. The molecule has 148 valence electrons. The van der Waals surface area contributed by atoms with Gasteiger partial charge in [0.25, 0.3) is 5.91 Å². The Labute approximate surface area is 163 Å². The van der Waals surface area contributed by atoms with Gasteiger partial charge in [0, 0.05) is 19.5 Å². The molecule has 0 heterocycles. The van der Waals surface area contributed by atoms with Gasteiger partial charge in [-0.2, -0.15) is 0 Å². The molecular formula is C21H24N2O5. The van der Waals surface area contributed by atoms with Crippen molar-refractivity contribution in [2.24, 2.45) is 5.92 Å². The Balaban J connectivity index is 1.77. The molecule has 1 unspecified atom stereocenters. The average molecular weight is 384 g/mol. The summed E-state index contributed by atoms with van der Waals surface area (Å²) < 4.78 is 5.13. The Morgan fingerprint density at radius 3 is 2.36 bits per heavy atom. The number of aliphatic carboxylic acids is 1. The second-order valence-electron chi connectivity index (χ2n) is 6.24. The summed E-state index contributed by atoms with van der Waals surface area (Å²) >= 11 is 0. The molecule has 0 saturated carbocycles. The van der Waals surface area contributed by atoms with E-state index in [1.807, 2.05) is 30.3 Å². The largest absolute Gasteiger partial charge is 0.496 e. The van der Waals surface area contributed by atoms with Crippen molar-refractivity contribution < 1.29 is 24.2 Å². The predicted molar refractivity (Wildman–Crippen MR) is 104 cm³/mol. The number of para-hydroxylation sites is 1. The summed E-state index contributed by atoms with van der Waals surface area (Å²) in [6.45, 7) is 0.169. The predicted octanol–water partition coefficient (Wildman–Crippen LogP) is 1.87. The number of benzene rings is 2. The fraction of sp³-hybridized carbons (Fsp3) is 0.286.